The highest BCUT2D eigenvalue weighted by Crippen LogP contribution is 2.14. The van der Waals surface area contributed by atoms with Crippen LogP contribution in [-0.2, 0) is 6.54 Å². The van der Waals surface area contributed by atoms with E-state index >= 15 is 0 Å². The average Bonchev–Trinajstić information content (AvgIpc) is 3.17. The second-order valence-electron chi connectivity index (χ2n) is 4.64. The number of nitrogens with one attached hydrogen (secondary N) is 1. The fraction of sp³-hybridized carbons (Fsp3) is 0.200. The van der Waals surface area contributed by atoms with Crippen molar-refractivity contribution >= 4 is 0 Å². The molecule has 0 amide bonds. The van der Waals surface area contributed by atoms with Crippen LogP contribution in [0, 0.1) is 0 Å². The van der Waals surface area contributed by atoms with Crippen LogP contribution in [0.5, 0.6) is 0 Å². The summed E-state index contributed by atoms with van der Waals surface area (Å²) in [5.74, 6) is 0.826. The van der Waals surface area contributed by atoms with E-state index in [0.717, 1.165) is 17.0 Å². The molecular weight excluding hydrogens is 252 g/mol. The van der Waals surface area contributed by atoms with Crippen molar-refractivity contribution < 1.29 is 4.52 Å². The minimum absolute atomic E-state index is 0.192. The quantitative estimate of drug-likeness (QED) is 0.773. The summed E-state index contributed by atoms with van der Waals surface area (Å²) in [5.41, 5.74) is 2.19. The Morgan fingerprint density at radius 3 is 2.85 bits per heavy atom. The smallest absolute Gasteiger partial charge is 0.150 e. The Morgan fingerprint density at radius 2 is 2.10 bits per heavy atom. The molecule has 0 spiro atoms. The van der Waals surface area contributed by atoms with Gasteiger partial charge < -0.3 is 9.84 Å². The molecule has 5 heteroatoms. The maximum Gasteiger partial charge on any atom is 0.150 e. The molecule has 0 aliphatic heterocycles. The first kappa shape index (κ1) is 12.6. The molecule has 0 aliphatic rings. The maximum absolute atomic E-state index is 5.06. The third kappa shape index (κ3) is 2.78. The number of nitrogens with zero attached hydrogens (tertiary/aromatic N) is 3. The van der Waals surface area contributed by atoms with E-state index in [2.05, 4.69) is 22.5 Å². The van der Waals surface area contributed by atoms with Crippen LogP contribution >= 0.6 is 0 Å². The van der Waals surface area contributed by atoms with E-state index in [-0.39, 0.29) is 6.04 Å². The zero-order valence-electron chi connectivity index (χ0n) is 11.2. The van der Waals surface area contributed by atoms with Crippen LogP contribution in [0.15, 0.2) is 59.5 Å². The van der Waals surface area contributed by atoms with E-state index in [0.29, 0.717) is 6.54 Å². The number of hydrogen-bond donors (Lipinski definition) is 1. The fourth-order valence-electron chi connectivity index (χ4n) is 1.99. The minimum atomic E-state index is 0.192. The predicted octanol–water partition coefficient (Wildman–Crippen LogP) is 2.71. The first-order valence-electron chi connectivity index (χ1n) is 6.56. The lowest BCUT2D eigenvalue weighted by Crippen LogP contribution is -2.17. The van der Waals surface area contributed by atoms with Crippen molar-refractivity contribution in [2.75, 3.05) is 0 Å². The van der Waals surface area contributed by atoms with Crippen molar-refractivity contribution in [3.8, 4) is 5.69 Å². The molecule has 3 aromatic rings. The summed E-state index contributed by atoms with van der Waals surface area (Å²) < 4.78 is 6.94. The van der Waals surface area contributed by atoms with Gasteiger partial charge in [-0.3, -0.25) is 0 Å². The summed E-state index contributed by atoms with van der Waals surface area (Å²) in [4.78, 5) is 0. The van der Waals surface area contributed by atoms with Gasteiger partial charge in [0.25, 0.3) is 0 Å². The SMILES string of the molecule is CC(NCc1ccno1)c1cnn(-c2ccccc2)c1. The van der Waals surface area contributed by atoms with Crippen LogP contribution in [0.1, 0.15) is 24.3 Å². The van der Waals surface area contributed by atoms with Gasteiger partial charge in [0.1, 0.15) is 5.76 Å². The first-order valence-corrected chi connectivity index (χ1v) is 6.56. The Balaban J connectivity index is 1.67. The van der Waals surface area contributed by atoms with E-state index in [1.807, 2.05) is 53.5 Å². The summed E-state index contributed by atoms with van der Waals surface area (Å²) in [5, 5.41) is 11.5. The standard InChI is InChI=1S/C15H16N4O/c1-12(16-10-15-7-8-18-20-15)13-9-17-19(11-13)14-5-3-2-4-6-14/h2-9,11-12,16H,10H2,1H3. The Kier molecular flexibility index (Phi) is 3.60. The highest BCUT2D eigenvalue weighted by molar-refractivity contribution is 5.31. The molecule has 0 saturated heterocycles. The molecule has 2 aromatic heterocycles. The molecule has 5 nitrogen and oxygen atoms in total. The third-order valence-electron chi connectivity index (χ3n) is 3.20. The lowest BCUT2D eigenvalue weighted by atomic mass is 10.2. The number of para-hydroxylation sites is 1. The second-order valence-corrected chi connectivity index (χ2v) is 4.64. The second kappa shape index (κ2) is 5.71. The average molecular weight is 268 g/mol. The van der Waals surface area contributed by atoms with Crippen LogP contribution < -0.4 is 5.32 Å². The Bertz CT molecular complexity index is 646. The molecule has 0 aliphatic carbocycles. The molecule has 1 N–H and O–H groups in total. The van der Waals surface area contributed by atoms with Crippen LogP contribution in [-0.4, -0.2) is 14.9 Å². The summed E-state index contributed by atoms with van der Waals surface area (Å²) in [6.45, 7) is 2.75. The molecule has 2 heterocycles. The van der Waals surface area contributed by atoms with Gasteiger partial charge >= 0.3 is 0 Å². The van der Waals surface area contributed by atoms with Crippen LogP contribution in [0.2, 0.25) is 0 Å². The molecule has 20 heavy (non-hydrogen) atoms. The Morgan fingerprint density at radius 1 is 1.25 bits per heavy atom. The highest BCUT2D eigenvalue weighted by Gasteiger charge is 2.09. The monoisotopic (exact) mass is 268 g/mol. The third-order valence-corrected chi connectivity index (χ3v) is 3.20. The predicted molar refractivity (Wildman–Crippen MR) is 75.3 cm³/mol. The molecule has 0 fully saturated rings. The lowest BCUT2D eigenvalue weighted by Gasteiger charge is -2.09. The van der Waals surface area contributed by atoms with E-state index in [4.69, 9.17) is 4.52 Å². The highest BCUT2D eigenvalue weighted by atomic mass is 16.5. The molecule has 102 valence electrons. The van der Waals surface area contributed by atoms with Gasteiger partial charge in [-0.15, -0.1) is 0 Å². The van der Waals surface area contributed by atoms with Crippen molar-refractivity contribution in [1.29, 1.82) is 0 Å². The molecule has 0 saturated carbocycles. The summed E-state index contributed by atoms with van der Waals surface area (Å²) in [6, 6.07) is 12.1. The van der Waals surface area contributed by atoms with Gasteiger partial charge in [-0.25, -0.2) is 4.68 Å². The van der Waals surface area contributed by atoms with Crippen LogP contribution in [0.4, 0.5) is 0 Å². The number of aromatic nitrogens is 3. The van der Waals surface area contributed by atoms with Gasteiger partial charge in [-0.1, -0.05) is 23.4 Å². The molecule has 3 rings (SSSR count). The lowest BCUT2D eigenvalue weighted by molar-refractivity contribution is 0.366. The van der Waals surface area contributed by atoms with E-state index in [1.54, 1.807) is 6.20 Å². The number of rotatable bonds is 5. The van der Waals surface area contributed by atoms with Gasteiger partial charge in [-0.2, -0.15) is 5.10 Å². The zero-order valence-corrected chi connectivity index (χ0v) is 11.2. The van der Waals surface area contributed by atoms with Gasteiger partial charge in [0.15, 0.2) is 0 Å². The normalized spacial score (nSPS) is 12.4. The van der Waals surface area contributed by atoms with E-state index in [1.165, 1.54) is 0 Å². The number of hydrogen-bond acceptors (Lipinski definition) is 4. The van der Waals surface area contributed by atoms with Gasteiger partial charge in [0.2, 0.25) is 0 Å². The van der Waals surface area contributed by atoms with Crippen molar-refractivity contribution in [2.24, 2.45) is 0 Å². The van der Waals surface area contributed by atoms with Gasteiger partial charge in [0, 0.05) is 23.9 Å². The summed E-state index contributed by atoms with van der Waals surface area (Å²) >= 11 is 0. The summed E-state index contributed by atoms with van der Waals surface area (Å²) in [6.07, 6.45) is 5.56. The number of benzene rings is 1. The molecule has 1 unspecified atom stereocenters. The van der Waals surface area contributed by atoms with Crippen molar-refractivity contribution in [3.05, 3.63) is 66.3 Å². The first-order chi connectivity index (χ1) is 9.83. The maximum atomic E-state index is 5.06. The minimum Gasteiger partial charge on any atom is -0.360 e. The fourth-order valence-corrected chi connectivity index (χ4v) is 1.99. The molecule has 1 aromatic carbocycles. The van der Waals surface area contributed by atoms with Gasteiger partial charge in [-0.05, 0) is 19.1 Å². The van der Waals surface area contributed by atoms with Crippen LogP contribution in [0.3, 0.4) is 0 Å². The van der Waals surface area contributed by atoms with E-state index in [9.17, 15) is 0 Å². The Labute approximate surface area is 117 Å². The molecular formula is C15H16N4O. The van der Waals surface area contributed by atoms with Crippen LogP contribution in [0.25, 0.3) is 5.69 Å². The van der Waals surface area contributed by atoms with Gasteiger partial charge in [0.05, 0.1) is 24.6 Å². The largest absolute Gasteiger partial charge is 0.360 e. The van der Waals surface area contributed by atoms with E-state index < -0.39 is 0 Å². The topological polar surface area (TPSA) is 55.9 Å². The molecule has 0 radical (unpaired) electrons. The van der Waals surface area contributed by atoms with Crippen molar-refractivity contribution in [3.63, 3.8) is 0 Å². The summed E-state index contributed by atoms with van der Waals surface area (Å²) in [7, 11) is 0. The zero-order chi connectivity index (χ0) is 13.8. The molecule has 0 bridgehead atoms. The van der Waals surface area contributed by atoms with Crippen molar-refractivity contribution in [1.82, 2.24) is 20.3 Å². The molecule has 1 atom stereocenters. The Hall–Kier alpha value is -2.40. The van der Waals surface area contributed by atoms with Crippen molar-refractivity contribution in [2.45, 2.75) is 19.5 Å².